The first-order valence-electron chi connectivity index (χ1n) is 12.6. The molecule has 1 aliphatic rings. The standard InChI is InChI=1S/C29H24F4N2O6S2/c1-28(2,3)41-26(39)19-12-17(5-7-22(19)36)34-24(37)8-9-35-25(38)23(43-27(35)40)13-18-10-16(14-42-18)15-4-6-21(30)20(11-15)29(31,32)33/h4-7,10-14,36H,8-9H2,1-3H3,(H,34,37). The van der Waals surface area contributed by atoms with Crippen LogP contribution in [0.5, 0.6) is 5.75 Å². The highest BCUT2D eigenvalue weighted by Gasteiger charge is 2.36. The molecule has 2 heterocycles. The second-order valence-electron chi connectivity index (χ2n) is 10.3. The molecule has 1 saturated heterocycles. The average molecular weight is 637 g/mol. The molecule has 0 saturated carbocycles. The van der Waals surface area contributed by atoms with E-state index in [0.29, 0.717) is 28.3 Å². The highest BCUT2D eigenvalue weighted by Crippen LogP contribution is 2.37. The Labute approximate surface area is 251 Å². The first-order valence-corrected chi connectivity index (χ1v) is 14.3. The number of benzene rings is 2. The van der Waals surface area contributed by atoms with Crippen molar-refractivity contribution < 1.29 is 46.6 Å². The molecule has 4 rings (SSSR count). The van der Waals surface area contributed by atoms with Gasteiger partial charge < -0.3 is 15.2 Å². The van der Waals surface area contributed by atoms with Crippen LogP contribution in [0.2, 0.25) is 0 Å². The van der Waals surface area contributed by atoms with Crippen LogP contribution in [0, 0.1) is 5.82 Å². The van der Waals surface area contributed by atoms with Gasteiger partial charge in [-0.05, 0) is 91.5 Å². The lowest BCUT2D eigenvalue weighted by Gasteiger charge is -2.20. The van der Waals surface area contributed by atoms with Crippen molar-refractivity contribution in [2.24, 2.45) is 0 Å². The fourth-order valence-electron chi connectivity index (χ4n) is 3.87. The summed E-state index contributed by atoms with van der Waals surface area (Å²) in [5.41, 5.74) is -1.65. The number of esters is 1. The summed E-state index contributed by atoms with van der Waals surface area (Å²) in [7, 11) is 0. The van der Waals surface area contributed by atoms with E-state index in [1.54, 1.807) is 26.2 Å². The SMILES string of the molecule is CC(C)(C)OC(=O)c1cc(NC(=O)CCN2C(=O)SC(=Cc3cc(-c4ccc(F)c(C(F)(F)F)c4)cs3)C2=O)ccc1O. The number of amides is 3. The van der Waals surface area contributed by atoms with Gasteiger partial charge in [0.15, 0.2) is 0 Å². The zero-order valence-electron chi connectivity index (χ0n) is 22.9. The van der Waals surface area contributed by atoms with Crippen molar-refractivity contribution in [3.05, 3.63) is 74.6 Å². The van der Waals surface area contributed by atoms with Gasteiger partial charge in [0, 0.05) is 23.5 Å². The van der Waals surface area contributed by atoms with Gasteiger partial charge in [0.1, 0.15) is 22.7 Å². The number of halogens is 4. The minimum absolute atomic E-state index is 0.0643. The van der Waals surface area contributed by atoms with Crippen molar-refractivity contribution in [1.82, 2.24) is 4.90 Å². The van der Waals surface area contributed by atoms with Crippen molar-refractivity contribution in [3.8, 4) is 16.9 Å². The Morgan fingerprint density at radius 1 is 1.05 bits per heavy atom. The predicted molar refractivity (Wildman–Crippen MR) is 154 cm³/mol. The van der Waals surface area contributed by atoms with E-state index < -0.39 is 46.2 Å². The van der Waals surface area contributed by atoms with Crippen LogP contribution >= 0.6 is 23.1 Å². The number of alkyl halides is 3. The van der Waals surface area contributed by atoms with E-state index in [9.17, 15) is 41.8 Å². The Morgan fingerprint density at radius 2 is 1.77 bits per heavy atom. The highest BCUT2D eigenvalue weighted by atomic mass is 32.2. The minimum Gasteiger partial charge on any atom is -0.507 e. The van der Waals surface area contributed by atoms with Gasteiger partial charge in [0.05, 0.1) is 10.5 Å². The lowest BCUT2D eigenvalue weighted by atomic mass is 10.0. The summed E-state index contributed by atoms with van der Waals surface area (Å²) in [6, 6.07) is 8.01. The van der Waals surface area contributed by atoms with E-state index in [1.807, 2.05) is 0 Å². The van der Waals surface area contributed by atoms with Gasteiger partial charge in [0.2, 0.25) is 5.91 Å². The number of ether oxygens (including phenoxy) is 1. The van der Waals surface area contributed by atoms with Crippen LogP contribution in [0.3, 0.4) is 0 Å². The zero-order chi connectivity index (χ0) is 31.7. The fourth-order valence-corrected chi connectivity index (χ4v) is 5.65. The largest absolute Gasteiger partial charge is 0.507 e. The van der Waals surface area contributed by atoms with Gasteiger partial charge in [0.25, 0.3) is 11.1 Å². The van der Waals surface area contributed by atoms with Crippen LogP contribution in [0.15, 0.2) is 52.7 Å². The van der Waals surface area contributed by atoms with Gasteiger partial charge in [-0.15, -0.1) is 11.3 Å². The number of phenolic OH excluding ortho intramolecular Hbond substituents is 1. The lowest BCUT2D eigenvalue weighted by molar-refractivity contribution is -0.140. The quantitative estimate of drug-likeness (QED) is 0.121. The van der Waals surface area contributed by atoms with Gasteiger partial charge in [-0.25, -0.2) is 9.18 Å². The number of hydrogen-bond acceptors (Lipinski definition) is 8. The van der Waals surface area contributed by atoms with E-state index in [2.05, 4.69) is 5.32 Å². The Kier molecular flexibility index (Phi) is 9.02. The molecule has 3 amide bonds. The third-order valence-electron chi connectivity index (χ3n) is 5.83. The number of carbonyl (C=O) groups is 4. The number of carbonyl (C=O) groups excluding carboxylic acids is 4. The molecule has 3 aromatic rings. The van der Waals surface area contributed by atoms with Crippen LogP contribution in [-0.4, -0.2) is 45.2 Å². The molecule has 0 radical (unpaired) electrons. The number of nitrogens with zero attached hydrogens (tertiary/aromatic N) is 1. The maximum absolute atomic E-state index is 13.6. The second kappa shape index (κ2) is 12.2. The average Bonchev–Trinajstić information content (AvgIpc) is 3.46. The molecule has 0 spiro atoms. The monoisotopic (exact) mass is 636 g/mol. The summed E-state index contributed by atoms with van der Waals surface area (Å²) in [6.07, 6.45) is -3.70. The van der Waals surface area contributed by atoms with E-state index in [4.69, 9.17) is 4.74 Å². The number of thioether (sulfide) groups is 1. The number of rotatable bonds is 7. The Bertz CT molecular complexity index is 1640. The highest BCUT2D eigenvalue weighted by molar-refractivity contribution is 8.18. The van der Waals surface area contributed by atoms with Crippen molar-refractivity contribution in [1.29, 1.82) is 0 Å². The summed E-state index contributed by atoms with van der Waals surface area (Å²) in [5, 5.41) is 13.5. The summed E-state index contributed by atoms with van der Waals surface area (Å²) < 4.78 is 58.2. The second-order valence-corrected chi connectivity index (χ2v) is 12.2. The maximum Gasteiger partial charge on any atom is 0.419 e. The van der Waals surface area contributed by atoms with Crippen LogP contribution in [0.25, 0.3) is 17.2 Å². The van der Waals surface area contributed by atoms with Crippen LogP contribution in [-0.2, 0) is 20.5 Å². The first kappa shape index (κ1) is 31.8. The van der Waals surface area contributed by atoms with Gasteiger partial charge in [-0.1, -0.05) is 6.07 Å². The number of phenols is 1. The maximum atomic E-state index is 13.6. The number of anilines is 1. The molecule has 0 unspecified atom stereocenters. The molecule has 0 aliphatic carbocycles. The van der Waals surface area contributed by atoms with Gasteiger partial charge in [-0.2, -0.15) is 13.2 Å². The van der Waals surface area contributed by atoms with Crippen molar-refractivity contribution >= 4 is 57.9 Å². The zero-order valence-corrected chi connectivity index (χ0v) is 24.5. The topological polar surface area (TPSA) is 113 Å². The molecule has 2 N–H and O–H groups in total. The van der Waals surface area contributed by atoms with Crippen LogP contribution in [0.1, 0.15) is 48.0 Å². The van der Waals surface area contributed by atoms with Gasteiger partial charge in [-0.3, -0.25) is 19.3 Å². The minimum atomic E-state index is -4.86. The van der Waals surface area contributed by atoms with E-state index in [-0.39, 0.29) is 40.4 Å². The van der Waals surface area contributed by atoms with Crippen molar-refractivity contribution in [2.75, 3.05) is 11.9 Å². The van der Waals surface area contributed by atoms with Crippen LogP contribution < -0.4 is 5.32 Å². The number of nitrogens with one attached hydrogen (secondary N) is 1. The number of hydrogen-bond donors (Lipinski definition) is 2. The van der Waals surface area contributed by atoms with E-state index in [1.165, 1.54) is 36.4 Å². The Hall–Kier alpha value is -4.17. The van der Waals surface area contributed by atoms with Gasteiger partial charge >= 0.3 is 12.1 Å². The molecule has 14 heteroatoms. The molecule has 8 nitrogen and oxygen atoms in total. The smallest absolute Gasteiger partial charge is 0.419 e. The number of aromatic hydroxyl groups is 1. The summed E-state index contributed by atoms with van der Waals surface area (Å²) in [6.45, 7) is 4.75. The summed E-state index contributed by atoms with van der Waals surface area (Å²) in [4.78, 5) is 51.7. The fraction of sp³-hybridized carbons (Fsp3) is 0.241. The van der Waals surface area contributed by atoms with Crippen molar-refractivity contribution in [2.45, 2.75) is 39.0 Å². The Morgan fingerprint density at radius 3 is 2.44 bits per heavy atom. The van der Waals surface area contributed by atoms with Crippen LogP contribution in [0.4, 0.5) is 28.0 Å². The van der Waals surface area contributed by atoms with E-state index >= 15 is 0 Å². The molecule has 0 bridgehead atoms. The molecule has 226 valence electrons. The number of thiophene rings is 1. The molecule has 0 atom stereocenters. The summed E-state index contributed by atoms with van der Waals surface area (Å²) >= 11 is 1.77. The number of imide groups is 1. The molecular formula is C29H24F4N2O6S2. The van der Waals surface area contributed by atoms with Crippen molar-refractivity contribution in [3.63, 3.8) is 0 Å². The third kappa shape index (κ3) is 7.82. The Balaban J connectivity index is 1.39. The lowest BCUT2D eigenvalue weighted by Crippen LogP contribution is -2.31. The first-order chi connectivity index (χ1) is 20.0. The molecular weight excluding hydrogens is 612 g/mol. The summed E-state index contributed by atoms with van der Waals surface area (Å²) in [5.74, 6) is -3.71. The van der Waals surface area contributed by atoms with E-state index in [0.717, 1.165) is 22.3 Å². The molecule has 1 aliphatic heterocycles. The molecule has 1 aromatic heterocycles. The molecule has 1 fully saturated rings. The normalized spacial score (nSPS) is 14.9. The predicted octanol–water partition coefficient (Wildman–Crippen LogP) is 7.30. The molecule has 43 heavy (non-hydrogen) atoms. The molecule has 2 aromatic carbocycles. The third-order valence-corrected chi connectivity index (χ3v) is 7.62.